The maximum atomic E-state index is 13.5. The Bertz CT molecular complexity index is 901. The van der Waals surface area contributed by atoms with Crippen LogP contribution in [0.1, 0.15) is 34.3 Å². The van der Waals surface area contributed by atoms with Crippen LogP contribution in [0.5, 0.6) is 0 Å². The summed E-state index contributed by atoms with van der Waals surface area (Å²) in [5.74, 6) is -1.10. The number of hydrogen-bond donors (Lipinski definition) is 3. The van der Waals surface area contributed by atoms with Gasteiger partial charge in [0.15, 0.2) is 0 Å². The second-order valence-electron chi connectivity index (χ2n) is 8.37. The number of rotatable bonds is 6. The molecule has 0 aromatic heterocycles. The molecule has 1 aromatic rings. The molecule has 174 valence electrons. The molecule has 2 saturated heterocycles. The minimum Gasteiger partial charge on any atom is -0.322 e. The van der Waals surface area contributed by atoms with Crippen molar-refractivity contribution >= 4 is 17.7 Å². The first-order valence-corrected chi connectivity index (χ1v) is 10.7. The molecule has 8 nitrogen and oxygen atoms in total. The van der Waals surface area contributed by atoms with Crippen molar-refractivity contribution in [3.63, 3.8) is 0 Å². The summed E-state index contributed by atoms with van der Waals surface area (Å²) in [6.07, 6.45) is -3.86. The minimum absolute atomic E-state index is 0.180. The Hall–Kier alpha value is -2.50. The number of benzene rings is 1. The van der Waals surface area contributed by atoms with Gasteiger partial charge < -0.3 is 15.5 Å². The van der Waals surface area contributed by atoms with Crippen LogP contribution in [0.4, 0.5) is 13.2 Å². The highest BCUT2D eigenvalue weighted by Crippen LogP contribution is 2.28. The highest BCUT2D eigenvalue weighted by atomic mass is 19.4. The predicted octanol–water partition coefficient (Wildman–Crippen LogP) is 0.373. The van der Waals surface area contributed by atoms with Crippen LogP contribution in [0.3, 0.4) is 0 Å². The van der Waals surface area contributed by atoms with Crippen molar-refractivity contribution in [3.8, 4) is 0 Å². The SMILES string of the molecule is O=C1CCC(N2Cc3cc(CNCC(N4CCNCC4)C(F)(F)F)ccc3C2=O)C(=O)N1. The van der Waals surface area contributed by atoms with Gasteiger partial charge in [0.05, 0.1) is 0 Å². The largest absolute Gasteiger partial charge is 0.405 e. The van der Waals surface area contributed by atoms with Gasteiger partial charge in [0.25, 0.3) is 5.91 Å². The summed E-state index contributed by atoms with van der Waals surface area (Å²) in [5.41, 5.74) is 1.98. The number of nitrogens with one attached hydrogen (secondary N) is 3. The molecule has 3 heterocycles. The van der Waals surface area contributed by atoms with E-state index in [1.54, 1.807) is 18.2 Å². The Balaban J connectivity index is 1.37. The number of carbonyl (C=O) groups is 3. The Morgan fingerprint density at radius 3 is 2.59 bits per heavy atom. The van der Waals surface area contributed by atoms with Gasteiger partial charge in [-0.15, -0.1) is 0 Å². The highest BCUT2D eigenvalue weighted by Gasteiger charge is 2.43. The number of hydrogen-bond acceptors (Lipinski definition) is 6. The molecule has 3 aliphatic heterocycles. The maximum Gasteiger partial charge on any atom is 0.405 e. The van der Waals surface area contributed by atoms with Crippen LogP contribution >= 0.6 is 0 Å². The average molecular weight is 453 g/mol. The van der Waals surface area contributed by atoms with Gasteiger partial charge in [-0.1, -0.05) is 12.1 Å². The van der Waals surface area contributed by atoms with Gasteiger partial charge in [0.2, 0.25) is 11.8 Å². The molecule has 0 aliphatic carbocycles. The highest BCUT2D eigenvalue weighted by molar-refractivity contribution is 6.05. The smallest absolute Gasteiger partial charge is 0.322 e. The number of amides is 3. The number of carbonyl (C=O) groups excluding carboxylic acids is 3. The molecule has 2 atom stereocenters. The first kappa shape index (κ1) is 22.7. The van der Waals surface area contributed by atoms with E-state index in [1.807, 2.05) is 0 Å². The number of imide groups is 1. The van der Waals surface area contributed by atoms with Crippen molar-refractivity contribution in [2.24, 2.45) is 0 Å². The molecule has 4 rings (SSSR count). The number of halogens is 3. The van der Waals surface area contributed by atoms with Crippen molar-refractivity contribution in [1.82, 2.24) is 25.8 Å². The molecule has 1 aromatic carbocycles. The standard InChI is InChI=1S/C21H26F3N5O3/c22-21(23,24)17(28-7-5-25-6-8-28)11-26-10-13-1-2-15-14(9-13)12-29(20(15)32)16-3-4-18(30)27-19(16)31/h1-2,9,16-17,25-26H,3-8,10-12H2,(H,27,30,31). The normalized spacial score (nSPS) is 23.3. The predicted molar refractivity (Wildman–Crippen MR) is 108 cm³/mol. The average Bonchev–Trinajstić information content (AvgIpc) is 3.06. The third kappa shape index (κ3) is 4.79. The molecule has 0 saturated carbocycles. The number of nitrogens with zero attached hydrogens (tertiary/aromatic N) is 2. The van der Waals surface area contributed by atoms with E-state index in [2.05, 4.69) is 16.0 Å². The van der Waals surface area contributed by atoms with Crippen molar-refractivity contribution in [2.75, 3.05) is 32.7 Å². The van der Waals surface area contributed by atoms with Crippen LogP contribution in [0.25, 0.3) is 0 Å². The molecule has 0 spiro atoms. The van der Waals surface area contributed by atoms with E-state index in [0.29, 0.717) is 31.7 Å². The van der Waals surface area contributed by atoms with E-state index in [9.17, 15) is 27.6 Å². The maximum absolute atomic E-state index is 13.5. The van der Waals surface area contributed by atoms with E-state index < -0.39 is 24.2 Å². The first-order chi connectivity index (χ1) is 15.2. The van der Waals surface area contributed by atoms with Crippen molar-refractivity contribution in [2.45, 2.75) is 44.2 Å². The van der Waals surface area contributed by atoms with Gasteiger partial charge in [-0.25, -0.2) is 0 Å². The molecule has 0 radical (unpaired) electrons. The van der Waals surface area contributed by atoms with Gasteiger partial charge in [-0.05, 0) is 23.6 Å². The Morgan fingerprint density at radius 1 is 1.16 bits per heavy atom. The lowest BCUT2D eigenvalue weighted by Gasteiger charge is -2.36. The molecule has 32 heavy (non-hydrogen) atoms. The van der Waals surface area contributed by atoms with Gasteiger partial charge in [0.1, 0.15) is 12.1 Å². The quantitative estimate of drug-likeness (QED) is 0.539. The molecule has 3 amide bonds. The van der Waals surface area contributed by atoms with Gasteiger partial charge in [-0.3, -0.25) is 24.6 Å². The monoisotopic (exact) mass is 453 g/mol. The second-order valence-corrected chi connectivity index (χ2v) is 8.37. The van der Waals surface area contributed by atoms with Crippen molar-refractivity contribution in [3.05, 3.63) is 34.9 Å². The Kier molecular flexibility index (Phi) is 6.50. The minimum atomic E-state index is -4.32. The fourth-order valence-electron chi connectivity index (χ4n) is 4.54. The number of alkyl halides is 3. The molecule has 11 heteroatoms. The van der Waals surface area contributed by atoms with E-state index in [1.165, 1.54) is 9.80 Å². The zero-order valence-corrected chi connectivity index (χ0v) is 17.5. The van der Waals surface area contributed by atoms with Gasteiger partial charge in [0, 0.05) is 57.8 Å². The molecule has 3 aliphatic rings. The third-order valence-electron chi connectivity index (χ3n) is 6.22. The fourth-order valence-corrected chi connectivity index (χ4v) is 4.54. The number of piperidine rings is 1. The van der Waals surface area contributed by atoms with Crippen LogP contribution in [0.15, 0.2) is 18.2 Å². The van der Waals surface area contributed by atoms with Crippen LogP contribution < -0.4 is 16.0 Å². The fraction of sp³-hybridized carbons (Fsp3) is 0.571. The first-order valence-electron chi connectivity index (χ1n) is 10.7. The molecule has 2 fully saturated rings. The summed E-state index contributed by atoms with van der Waals surface area (Å²) in [7, 11) is 0. The van der Waals surface area contributed by atoms with Crippen molar-refractivity contribution in [1.29, 1.82) is 0 Å². The molecule has 2 unspecified atom stereocenters. The number of piperazine rings is 1. The molecular weight excluding hydrogens is 427 g/mol. The summed E-state index contributed by atoms with van der Waals surface area (Å²) >= 11 is 0. The zero-order chi connectivity index (χ0) is 22.9. The van der Waals surface area contributed by atoms with Gasteiger partial charge in [-0.2, -0.15) is 13.2 Å². The number of fused-ring (bicyclic) bond motifs is 1. The van der Waals surface area contributed by atoms with E-state index in [-0.39, 0.29) is 44.3 Å². The lowest BCUT2D eigenvalue weighted by Crippen LogP contribution is -2.57. The Morgan fingerprint density at radius 2 is 1.91 bits per heavy atom. The summed E-state index contributed by atoms with van der Waals surface area (Å²) in [6.45, 7) is 2.02. The summed E-state index contributed by atoms with van der Waals surface area (Å²) in [4.78, 5) is 39.1. The van der Waals surface area contributed by atoms with Crippen LogP contribution in [0, 0.1) is 0 Å². The molecule has 3 N–H and O–H groups in total. The van der Waals surface area contributed by atoms with Crippen LogP contribution in [-0.4, -0.2) is 78.5 Å². The van der Waals surface area contributed by atoms with E-state index in [4.69, 9.17) is 0 Å². The van der Waals surface area contributed by atoms with Crippen molar-refractivity contribution < 1.29 is 27.6 Å². The third-order valence-corrected chi connectivity index (χ3v) is 6.22. The molecule has 0 bridgehead atoms. The van der Waals surface area contributed by atoms with Crippen LogP contribution in [0.2, 0.25) is 0 Å². The lowest BCUT2D eigenvalue weighted by atomic mass is 10.0. The van der Waals surface area contributed by atoms with Crippen LogP contribution in [-0.2, 0) is 22.7 Å². The zero-order valence-electron chi connectivity index (χ0n) is 17.5. The topological polar surface area (TPSA) is 93.8 Å². The van der Waals surface area contributed by atoms with E-state index >= 15 is 0 Å². The lowest BCUT2D eigenvalue weighted by molar-refractivity contribution is -0.183. The molecular formula is C21H26F3N5O3. The summed E-state index contributed by atoms with van der Waals surface area (Å²) in [5, 5.41) is 8.23. The Labute approximate surface area is 183 Å². The summed E-state index contributed by atoms with van der Waals surface area (Å²) < 4.78 is 40.6. The summed E-state index contributed by atoms with van der Waals surface area (Å²) in [6, 6.07) is 2.91. The van der Waals surface area contributed by atoms with Gasteiger partial charge >= 0.3 is 6.18 Å². The second kappa shape index (κ2) is 9.16. The van der Waals surface area contributed by atoms with E-state index in [0.717, 1.165) is 11.1 Å².